The van der Waals surface area contributed by atoms with Crippen LogP contribution in [0.15, 0.2) is 29.3 Å². The van der Waals surface area contributed by atoms with Gasteiger partial charge in [-0.2, -0.15) is 0 Å². The fraction of sp³-hybridized carbons (Fsp3) is 0.650. The molecule has 150 valence electrons. The number of hydrogen-bond donors (Lipinski definition) is 2. The molecule has 0 radical (unpaired) electrons. The molecule has 2 aliphatic rings. The van der Waals surface area contributed by atoms with Gasteiger partial charge < -0.3 is 10.6 Å². The van der Waals surface area contributed by atoms with Crippen LogP contribution in [0.2, 0.25) is 0 Å². The van der Waals surface area contributed by atoms with Gasteiger partial charge in [-0.05, 0) is 43.9 Å². The van der Waals surface area contributed by atoms with Gasteiger partial charge in [-0.25, -0.2) is 8.42 Å². The Balaban J connectivity index is 1.47. The summed E-state index contributed by atoms with van der Waals surface area (Å²) in [6.07, 6.45) is 4.61. The highest BCUT2D eigenvalue weighted by atomic mass is 32.2. The van der Waals surface area contributed by atoms with E-state index < -0.39 is 9.84 Å². The molecule has 2 unspecified atom stereocenters. The molecule has 27 heavy (non-hydrogen) atoms. The van der Waals surface area contributed by atoms with Crippen molar-refractivity contribution < 1.29 is 8.42 Å². The number of guanidine groups is 1. The second-order valence-electron chi connectivity index (χ2n) is 7.80. The van der Waals surface area contributed by atoms with Crippen molar-refractivity contribution in [2.24, 2.45) is 4.99 Å². The van der Waals surface area contributed by atoms with Crippen LogP contribution in [-0.2, 0) is 22.9 Å². The van der Waals surface area contributed by atoms with Crippen molar-refractivity contribution in [2.75, 3.05) is 25.1 Å². The normalized spacial score (nSPS) is 26.1. The highest BCUT2D eigenvalue weighted by Crippen LogP contribution is 2.19. The monoisotopic (exact) mass is 392 g/mol. The van der Waals surface area contributed by atoms with Crippen molar-refractivity contribution in [3.63, 3.8) is 0 Å². The van der Waals surface area contributed by atoms with Crippen LogP contribution in [0.4, 0.5) is 0 Å². The fourth-order valence-corrected chi connectivity index (χ4v) is 5.55. The van der Waals surface area contributed by atoms with Gasteiger partial charge in [-0.1, -0.05) is 30.7 Å². The summed E-state index contributed by atoms with van der Waals surface area (Å²) in [5.41, 5.74) is 2.54. The summed E-state index contributed by atoms with van der Waals surface area (Å²) in [6.45, 7) is 5.21. The maximum Gasteiger partial charge on any atom is 0.191 e. The quantitative estimate of drug-likeness (QED) is 0.592. The van der Waals surface area contributed by atoms with Crippen LogP contribution in [0, 0.1) is 0 Å². The standard InChI is InChI=1S/C20H32N4O2S/c1-16-5-3-4-11-24(16)14-18-8-6-17(7-9-18)13-22-20(21-2)23-19-10-12-27(25,26)15-19/h6-9,16,19H,3-5,10-15H2,1-2H3,(H2,21,22,23). The smallest absolute Gasteiger partial charge is 0.191 e. The van der Waals surface area contributed by atoms with E-state index in [0.717, 1.165) is 6.54 Å². The number of nitrogens with one attached hydrogen (secondary N) is 2. The molecule has 6 nitrogen and oxygen atoms in total. The van der Waals surface area contributed by atoms with Gasteiger partial charge in [0.15, 0.2) is 15.8 Å². The molecule has 2 saturated heterocycles. The minimum Gasteiger partial charge on any atom is -0.353 e. The summed E-state index contributed by atoms with van der Waals surface area (Å²) in [4.78, 5) is 6.78. The minimum absolute atomic E-state index is 0.0462. The molecular formula is C20H32N4O2S. The molecule has 3 rings (SSSR count). The minimum atomic E-state index is -2.89. The van der Waals surface area contributed by atoms with E-state index >= 15 is 0 Å². The molecule has 2 heterocycles. The first-order valence-electron chi connectivity index (χ1n) is 9.94. The Labute approximate surface area is 163 Å². The molecule has 2 atom stereocenters. The highest BCUT2D eigenvalue weighted by Gasteiger charge is 2.28. The zero-order chi connectivity index (χ0) is 19.3. The van der Waals surface area contributed by atoms with Crippen LogP contribution in [0.25, 0.3) is 0 Å². The zero-order valence-electron chi connectivity index (χ0n) is 16.4. The maximum absolute atomic E-state index is 11.6. The molecule has 2 fully saturated rings. The first-order valence-corrected chi connectivity index (χ1v) is 11.8. The third-order valence-corrected chi connectivity index (χ3v) is 7.37. The number of sulfone groups is 1. The highest BCUT2D eigenvalue weighted by molar-refractivity contribution is 7.91. The van der Waals surface area contributed by atoms with Crippen LogP contribution < -0.4 is 10.6 Å². The lowest BCUT2D eigenvalue weighted by molar-refractivity contribution is 0.152. The second kappa shape index (κ2) is 9.06. The van der Waals surface area contributed by atoms with E-state index in [1.807, 2.05) is 0 Å². The van der Waals surface area contributed by atoms with E-state index in [9.17, 15) is 8.42 Å². The van der Waals surface area contributed by atoms with Gasteiger partial charge in [-0.15, -0.1) is 0 Å². The number of nitrogens with zero attached hydrogens (tertiary/aromatic N) is 2. The first-order chi connectivity index (χ1) is 12.9. The van der Waals surface area contributed by atoms with E-state index in [2.05, 4.69) is 51.7 Å². The molecule has 0 saturated carbocycles. The lowest BCUT2D eigenvalue weighted by Gasteiger charge is -2.33. The van der Waals surface area contributed by atoms with Gasteiger partial charge in [0, 0.05) is 32.2 Å². The Morgan fingerprint density at radius 3 is 2.56 bits per heavy atom. The Morgan fingerprint density at radius 2 is 1.93 bits per heavy atom. The number of hydrogen-bond acceptors (Lipinski definition) is 4. The van der Waals surface area contributed by atoms with Crippen LogP contribution >= 0.6 is 0 Å². The van der Waals surface area contributed by atoms with Gasteiger partial charge in [0.1, 0.15) is 0 Å². The van der Waals surface area contributed by atoms with Crippen LogP contribution in [0.1, 0.15) is 43.7 Å². The van der Waals surface area contributed by atoms with E-state index in [-0.39, 0.29) is 17.5 Å². The molecule has 1 aromatic carbocycles. The Bertz CT molecular complexity index is 746. The van der Waals surface area contributed by atoms with Gasteiger partial charge in [0.2, 0.25) is 0 Å². The predicted molar refractivity (Wildman–Crippen MR) is 111 cm³/mol. The average Bonchev–Trinajstić information content (AvgIpc) is 3.00. The second-order valence-corrected chi connectivity index (χ2v) is 10.0. The number of piperidine rings is 1. The number of rotatable bonds is 5. The largest absolute Gasteiger partial charge is 0.353 e. The summed E-state index contributed by atoms with van der Waals surface area (Å²) < 4.78 is 23.2. The van der Waals surface area contributed by atoms with Crippen LogP contribution in [0.5, 0.6) is 0 Å². The lowest BCUT2D eigenvalue weighted by atomic mass is 10.0. The van der Waals surface area contributed by atoms with Crippen molar-refractivity contribution in [3.05, 3.63) is 35.4 Å². The molecule has 0 amide bonds. The topological polar surface area (TPSA) is 73.8 Å². The van der Waals surface area contributed by atoms with Crippen LogP contribution in [-0.4, -0.2) is 56.5 Å². The third kappa shape index (κ3) is 5.94. The SMILES string of the molecule is CN=C(NCc1ccc(CN2CCCCC2C)cc1)NC1CCS(=O)(=O)C1. The molecule has 0 bridgehead atoms. The van der Waals surface area contributed by atoms with Crippen molar-refractivity contribution in [1.29, 1.82) is 0 Å². The molecule has 7 heteroatoms. The van der Waals surface area contributed by atoms with E-state index in [4.69, 9.17) is 0 Å². The molecule has 0 aromatic heterocycles. The molecule has 0 aliphatic carbocycles. The van der Waals surface area contributed by atoms with Crippen molar-refractivity contribution in [3.8, 4) is 0 Å². The molecule has 0 spiro atoms. The summed E-state index contributed by atoms with van der Waals surface area (Å²) in [5.74, 6) is 1.11. The van der Waals surface area contributed by atoms with E-state index in [1.54, 1.807) is 7.05 Å². The van der Waals surface area contributed by atoms with Gasteiger partial charge >= 0.3 is 0 Å². The molecule has 2 N–H and O–H groups in total. The fourth-order valence-electron chi connectivity index (χ4n) is 3.87. The Kier molecular flexibility index (Phi) is 6.76. The zero-order valence-corrected chi connectivity index (χ0v) is 17.3. The number of likely N-dealkylation sites (tertiary alicyclic amines) is 1. The summed E-state index contributed by atoms with van der Waals surface area (Å²) in [7, 11) is -1.18. The van der Waals surface area contributed by atoms with Gasteiger partial charge in [0.05, 0.1) is 11.5 Å². The first kappa shape index (κ1) is 20.1. The van der Waals surface area contributed by atoms with Crippen LogP contribution in [0.3, 0.4) is 0 Å². The van der Waals surface area contributed by atoms with E-state index in [0.29, 0.717) is 25.0 Å². The van der Waals surface area contributed by atoms with Gasteiger partial charge in [-0.3, -0.25) is 9.89 Å². The van der Waals surface area contributed by atoms with E-state index in [1.165, 1.54) is 36.9 Å². The van der Waals surface area contributed by atoms with Crippen molar-refractivity contribution in [2.45, 2.75) is 57.8 Å². The summed E-state index contributed by atoms with van der Waals surface area (Å²) in [6, 6.07) is 9.36. The summed E-state index contributed by atoms with van der Waals surface area (Å²) >= 11 is 0. The number of aliphatic imine (C=N–C) groups is 1. The summed E-state index contributed by atoms with van der Waals surface area (Å²) in [5, 5.41) is 6.50. The third-order valence-electron chi connectivity index (χ3n) is 5.61. The molecule has 2 aliphatic heterocycles. The predicted octanol–water partition coefficient (Wildman–Crippen LogP) is 1.91. The molecule has 1 aromatic rings. The number of benzene rings is 1. The van der Waals surface area contributed by atoms with Crippen molar-refractivity contribution in [1.82, 2.24) is 15.5 Å². The van der Waals surface area contributed by atoms with Gasteiger partial charge in [0.25, 0.3) is 0 Å². The Hall–Kier alpha value is -1.60. The van der Waals surface area contributed by atoms with Crippen molar-refractivity contribution >= 4 is 15.8 Å². The Morgan fingerprint density at radius 1 is 1.19 bits per heavy atom. The average molecular weight is 393 g/mol. The lowest BCUT2D eigenvalue weighted by Crippen LogP contribution is -2.43. The maximum atomic E-state index is 11.6. The molecular weight excluding hydrogens is 360 g/mol.